The SMILES string of the molecule is CCCNCc1cccc(F)c1N1CCC(C)C1. The van der Waals surface area contributed by atoms with Crippen LogP contribution >= 0.6 is 0 Å². The second kappa shape index (κ2) is 6.19. The zero-order valence-corrected chi connectivity index (χ0v) is 11.4. The Morgan fingerprint density at radius 1 is 1.44 bits per heavy atom. The van der Waals surface area contributed by atoms with Crippen LogP contribution in [0.25, 0.3) is 0 Å². The first-order valence-corrected chi connectivity index (χ1v) is 6.95. The maximum atomic E-state index is 14.1. The Morgan fingerprint density at radius 2 is 2.28 bits per heavy atom. The van der Waals surface area contributed by atoms with Gasteiger partial charge in [0.05, 0.1) is 5.69 Å². The molecule has 0 aliphatic carbocycles. The predicted octanol–water partition coefficient (Wildman–Crippen LogP) is 3.17. The van der Waals surface area contributed by atoms with Crippen molar-refractivity contribution in [3.05, 3.63) is 29.6 Å². The summed E-state index contributed by atoms with van der Waals surface area (Å²) >= 11 is 0. The lowest BCUT2D eigenvalue weighted by Gasteiger charge is -2.22. The van der Waals surface area contributed by atoms with Crippen LogP contribution in [0.2, 0.25) is 0 Å². The molecule has 0 amide bonds. The molecule has 0 spiro atoms. The summed E-state index contributed by atoms with van der Waals surface area (Å²) in [5.74, 6) is 0.584. The molecule has 1 unspecified atom stereocenters. The molecule has 0 aromatic heterocycles. The minimum atomic E-state index is -0.0834. The van der Waals surface area contributed by atoms with Crippen LogP contribution in [-0.2, 0) is 6.54 Å². The third-order valence-corrected chi connectivity index (χ3v) is 3.55. The maximum Gasteiger partial charge on any atom is 0.146 e. The van der Waals surface area contributed by atoms with E-state index >= 15 is 0 Å². The van der Waals surface area contributed by atoms with E-state index < -0.39 is 0 Å². The summed E-state index contributed by atoms with van der Waals surface area (Å²) in [5, 5.41) is 3.36. The molecule has 1 aromatic rings. The molecule has 2 nitrogen and oxygen atoms in total. The van der Waals surface area contributed by atoms with Gasteiger partial charge in [-0.3, -0.25) is 0 Å². The highest BCUT2D eigenvalue weighted by atomic mass is 19.1. The van der Waals surface area contributed by atoms with Crippen LogP contribution in [0, 0.1) is 11.7 Å². The lowest BCUT2D eigenvalue weighted by atomic mass is 10.1. The number of rotatable bonds is 5. The molecule has 1 aromatic carbocycles. The monoisotopic (exact) mass is 250 g/mol. The van der Waals surface area contributed by atoms with E-state index in [1.807, 2.05) is 6.07 Å². The molecule has 0 radical (unpaired) electrons. The molecule has 1 aliphatic rings. The quantitative estimate of drug-likeness (QED) is 0.807. The van der Waals surface area contributed by atoms with Gasteiger partial charge >= 0.3 is 0 Å². The van der Waals surface area contributed by atoms with Crippen LogP contribution in [0.1, 0.15) is 32.3 Å². The molecular weight excluding hydrogens is 227 g/mol. The molecular formula is C15H23FN2. The molecule has 2 rings (SSSR count). The van der Waals surface area contributed by atoms with Crippen LogP contribution in [0.15, 0.2) is 18.2 Å². The van der Waals surface area contributed by atoms with Crippen molar-refractivity contribution in [2.24, 2.45) is 5.92 Å². The van der Waals surface area contributed by atoms with Crippen LogP contribution in [0.3, 0.4) is 0 Å². The van der Waals surface area contributed by atoms with Crippen LogP contribution in [-0.4, -0.2) is 19.6 Å². The highest BCUT2D eigenvalue weighted by molar-refractivity contribution is 5.55. The van der Waals surface area contributed by atoms with Crippen molar-refractivity contribution in [2.45, 2.75) is 33.2 Å². The molecule has 1 fully saturated rings. The van der Waals surface area contributed by atoms with Crippen LogP contribution in [0.5, 0.6) is 0 Å². The summed E-state index contributed by atoms with van der Waals surface area (Å²) < 4.78 is 14.1. The third-order valence-electron chi connectivity index (χ3n) is 3.55. The number of hydrogen-bond acceptors (Lipinski definition) is 2. The number of hydrogen-bond donors (Lipinski definition) is 1. The number of para-hydroxylation sites is 1. The Balaban J connectivity index is 2.15. The number of benzene rings is 1. The van der Waals surface area contributed by atoms with E-state index in [2.05, 4.69) is 24.1 Å². The summed E-state index contributed by atoms with van der Waals surface area (Å²) in [6, 6.07) is 5.41. The van der Waals surface area contributed by atoms with Gasteiger partial charge in [-0.15, -0.1) is 0 Å². The number of anilines is 1. The molecule has 3 heteroatoms. The van der Waals surface area contributed by atoms with Crippen LogP contribution < -0.4 is 10.2 Å². The van der Waals surface area contributed by atoms with Crippen molar-refractivity contribution in [2.75, 3.05) is 24.5 Å². The van der Waals surface area contributed by atoms with Gasteiger partial charge in [0.1, 0.15) is 5.82 Å². The van der Waals surface area contributed by atoms with E-state index in [9.17, 15) is 4.39 Å². The molecule has 100 valence electrons. The van der Waals surface area contributed by atoms with Crippen molar-refractivity contribution in [1.29, 1.82) is 0 Å². The Kier molecular flexibility index (Phi) is 4.59. The van der Waals surface area contributed by atoms with Crippen molar-refractivity contribution in [3.63, 3.8) is 0 Å². The lowest BCUT2D eigenvalue weighted by molar-refractivity contribution is 0.610. The standard InChI is InChI=1S/C15H23FN2/c1-3-8-17-10-13-5-4-6-14(16)15(13)18-9-7-12(2)11-18/h4-6,12,17H,3,7-11H2,1-2H3. The number of nitrogens with one attached hydrogen (secondary N) is 1. The normalized spacial score (nSPS) is 19.5. The largest absolute Gasteiger partial charge is 0.369 e. The molecule has 1 N–H and O–H groups in total. The van der Waals surface area contributed by atoms with E-state index in [4.69, 9.17) is 0 Å². The summed E-state index contributed by atoms with van der Waals surface area (Å²) in [5.41, 5.74) is 1.89. The fourth-order valence-electron chi connectivity index (χ4n) is 2.59. The summed E-state index contributed by atoms with van der Waals surface area (Å²) in [6.45, 7) is 8.06. The minimum absolute atomic E-state index is 0.0834. The Hall–Kier alpha value is -1.09. The fraction of sp³-hybridized carbons (Fsp3) is 0.600. The molecule has 18 heavy (non-hydrogen) atoms. The van der Waals surface area contributed by atoms with Gasteiger partial charge in [0.2, 0.25) is 0 Å². The van der Waals surface area contributed by atoms with Gasteiger partial charge in [-0.25, -0.2) is 4.39 Å². The minimum Gasteiger partial charge on any atom is -0.369 e. The highest BCUT2D eigenvalue weighted by Crippen LogP contribution is 2.29. The predicted molar refractivity (Wildman–Crippen MR) is 74.4 cm³/mol. The fourth-order valence-corrected chi connectivity index (χ4v) is 2.59. The van der Waals surface area contributed by atoms with Gasteiger partial charge in [0.15, 0.2) is 0 Å². The molecule has 1 atom stereocenters. The van der Waals surface area contributed by atoms with E-state index in [1.54, 1.807) is 12.1 Å². The van der Waals surface area contributed by atoms with Gasteiger partial charge in [-0.05, 0) is 36.9 Å². The Labute approximate surface area is 109 Å². The van der Waals surface area contributed by atoms with Gasteiger partial charge < -0.3 is 10.2 Å². The van der Waals surface area contributed by atoms with E-state index in [1.165, 1.54) is 0 Å². The second-order valence-corrected chi connectivity index (χ2v) is 5.26. The first kappa shape index (κ1) is 13.3. The van der Waals surface area contributed by atoms with Gasteiger partial charge in [-0.2, -0.15) is 0 Å². The first-order valence-electron chi connectivity index (χ1n) is 6.95. The van der Waals surface area contributed by atoms with Crippen LogP contribution in [0.4, 0.5) is 10.1 Å². The molecule has 1 heterocycles. The third kappa shape index (κ3) is 3.02. The van der Waals surface area contributed by atoms with Crippen molar-refractivity contribution in [3.8, 4) is 0 Å². The highest BCUT2D eigenvalue weighted by Gasteiger charge is 2.23. The number of nitrogens with zero attached hydrogens (tertiary/aromatic N) is 1. The van der Waals surface area contributed by atoms with Gasteiger partial charge in [0, 0.05) is 19.6 Å². The molecule has 1 saturated heterocycles. The average Bonchev–Trinajstić information content (AvgIpc) is 2.76. The second-order valence-electron chi connectivity index (χ2n) is 5.26. The van der Waals surface area contributed by atoms with Crippen molar-refractivity contribution < 1.29 is 4.39 Å². The Bertz CT molecular complexity index is 392. The molecule has 1 aliphatic heterocycles. The van der Waals surface area contributed by atoms with Crippen molar-refractivity contribution >= 4 is 5.69 Å². The van der Waals surface area contributed by atoms with Gasteiger partial charge in [-0.1, -0.05) is 26.0 Å². The summed E-state index contributed by atoms with van der Waals surface area (Å²) in [4.78, 5) is 2.20. The first-order chi connectivity index (χ1) is 8.72. The molecule has 0 bridgehead atoms. The maximum absolute atomic E-state index is 14.1. The number of halogens is 1. The van der Waals surface area contributed by atoms with E-state index in [0.29, 0.717) is 5.92 Å². The summed E-state index contributed by atoms with van der Waals surface area (Å²) in [7, 11) is 0. The van der Waals surface area contributed by atoms with E-state index in [-0.39, 0.29) is 5.82 Å². The summed E-state index contributed by atoms with van der Waals surface area (Å²) in [6.07, 6.45) is 2.27. The van der Waals surface area contributed by atoms with Crippen molar-refractivity contribution in [1.82, 2.24) is 5.32 Å². The lowest BCUT2D eigenvalue weighted by Crippen LogP contribution is -2.24. The molecule has 0 saturated carbocycles. The zero-order valence-electron chi connectivity index (χ0n) is 11.4. The van der Waals surface area contributed by atoms with Gasteiger partial charge in [0.25, 0.3) is 0 Å². The smallest absolute Gasteiger partial charge is 0.146 e. The van der Waals surface area contributed by atoms with E-state index in [0.717, 1.165) is 50.3 Å². The topological polar surface area (TPSA) is 15.3 Å². The average molecular weight is 250 g/mol. The zero-order chi connectivity index (χ0) is 13.0. The Morgan fingerprint density at radius 3 is 2.94 bits per heavy atom.